The van der Waals surface area contributed by atoms with Crippen LogP contribution in [0, 0.1) is 6.92 Å². The zero-order chi connectivity index (χ0) is 13.4. The van der Waals surface area contributed by atoms with Gasteiger partial charge in [0.2, 0.25) is 0 Å². The highest BCUT2D eigenvalue weighted by Gasteiger charge is 2.22. The quantitative estimate of drug-likeness (QED) is 0.785. The number of halogens is 1. The number of carbonyl (C=O) groups is 1. The number of para-hydroxylation sites is 1. The lowest BCUT2D eigenvalue weighted by molar-refractivity contribution is 0.103. The Kier molecular flexibility index (Phi) is 3.15. The molecule has 0 saturated carbocycles. The lowest BCUT2D eigenvalue weighted by atomic mass is 9.97. The lowest BCUT2D eigenvalue weighted by Crippen LogP contribution is -2.06. The van der Waals surface area contributed by atoms with E-state index in [1.807, 2.05) is 43.3 Å². The van der Waals surface area contributed by atoms with Crippen LogP contribution in [0.5, 0.6) is 5.75 Å². The number of ether oxygens (including phenoxy) is 1. The van der Waals surface area contributed by atoms with E-state index < -0.39 is 0 Å². The van der Waals surface area contributed by atoms with E-state index in [-0.39, 0.29) is 5.78 Å². The molecule has 1 aliphatic rings. The van der Waals surface area contributed by atoms with E-state index in [0.717, 1.165) is 33.3 Å². The Morgan fingerprint density at radius 1 is 1.16 bits per heavy atom. The topological polar surface area (TPSA) is 26.3 Å². The van der Waals surface area contributed by atoms with Gasteiger partial charge in [0.1, 0.15) is 5.75 Å². The van der Waals surface area contributed by atoms with E-state index in [0.29, 0.717) is 12.2 Å². The van der Waals surface area contributed by atoms with E-state index in [4.69, 9.17) is 4.74 Å². The van der Waals surface area contributed by atoms with Crippen molar-refractivity contribution in [1.82, 2.24) is 0 Å². The van der Waals surface area contributed by atoms with Crippen molar-refractivity contribution in [3.8, 4) is 5.75 Å². The molecule has 2 nitrogen and oxygen atoms in total. The van der Waals surface area contributed by atoms with Crippen molar-refractivity contribution in [3.05, 3.63) is 63.1 Å². The SMILES string of the molecule is Cc1c(Br)cccc1C(=O)c1cccc2c1OCC2. The maximum atomic E-state index is 12.7. The number of carbonyl (C=O) groups excluding carboxylic acids is 1. The molecule has 96 valence electrons. The second-order valence-electron chi connectivity index (χ2n) is 4.63. The summed E-state index contributed by atoms with van der Waals surface area (Å²) in [5.41, 5.74) is 3.47. The third kappa shape index (κ3) is 2.08. The molecule has 0 bridgehead atoms. The molecule has 0 fully saturated rings. The van der Waals surface area contributed by atoms with Gasteiger partial charge < -0.3 is 4.74 Å². The molecule has 0 amide bonds. The monoisotopic (exact) mass is 316 g/mol. The minimum absolute atomic E-state index is 0.0255. The van der Waals surface area contributed by atoms with E-state index in [1.54, 1.807) is 0 Å². The van der Waals surface area contributed by atoms with Gasteiger partial charge in [-0.25, -0.2) is 0 Å². The Labute approximate surface area is 120 Å². The molecule has 0 N–H and O–H groups in total. The summed E-state index contributed by atoms with van der Waals surface area (Å²) in [5.74, 6) is 0.782. The molecular weight excluding hydrogens is 304 g/mol. The molecule has 0 radical (unpaired) electrons. The number of benzene rings is 2. The molecule has 3 rings (SSSR count). The van der Waals surface area contributed by atoms with Crippen molar-refractivity contribution in [2.24, 2.45) is 0 Å². The fourth-order valence-electron chi connectivity index (χ4n) is 2.39. The highest BCUT2D eigenvalue weighted by atomic mass is 79.9. The first-order valence-electron chi connectivity index (χ1n) is 6.23. The summed E-state index contributed by atoms with van der Waals surface area (Å²) < 4.78 is 6.56. The van der Waals surface area contributed by atoms with Crippen molar-refractivity contribution in [2.45, 2.75) is 13.3 Å². The van der Waals surface area contributed by atoms with E-state index in [9.17, 15) is 4.79 Å². The van der Waals surface area contributed by atoms with E-state index in [2.05, 4.69) is 15.9 Å². The predicted octanol–water partition coefficient (Wildman–Crippen LogP) is 3.92. The van der Waals surface area contributed by atoms with Crippen molar-refractivity contribution < 1.29 is 9.53 Å². The summed E-state index contributed by atoms with van der Waals surface area (Å²) in [6.45, 7) is 2.61. The molecule has 0 saturated heterocycles. The molecule has 0 atom stereocenters. The second kappa shape index (κ2) is 4.82. The maximum Gasteiger partial charge on any atom is 0.197 e. The van der Waals surface area contributed by atoms with Crippen LogP contribution in [0.3, 0.4) is 0 Å². The normalized spacial score (nSPS) is 12.9. The Morgan fingerprint density at radius 2 is 1.89 bits per heavy atom. The van der Waals surface area contributed by atoms with Crippen LogP contribution >= 0.6 is 15.9 Å². The van der Waals surface area contributed by atoms with E-state index in [1.165, 1.54) is 0 Å². The molecule has 2 aromatic rings. The zero-order valence-electron chi connectivity index (χ0n) is 10.6. The van der Waals surface area contributed by atoms with Crippen LogP contribution in [0.2, 0.25) is 0 Å². The Bertz CT molecular complexity index is 662. The Balaban J connectivity index is 2.11. The standard InChI is InChI=1S/C16H13BrO2/c1-10-12(5-3-7-14(10)17)15(18)13-6-2-4-11-8-9-19-16(11)13/h2-7H,8-9H2,1H3. The molecule has 0 aromatic heterocycles. The first kappa shape index (κ1) is 12.4. The first-order valence-corrected chi connectivity index (χ1v) is 7.02. The summed E-state index contributed by atoms with van der Waals surface area (Å²) in [5, 5.41) is 0. The molecule has 0 aliphatic carbocycles. The average molecular weight is 317 g/mol. The van der Waals surface area contributed by atoms with Crippen LogP contribution in [0.4, 0.5) is 0 Å². The fraction of sp³-hybridized carbons (Fsp3) is 0.188. The molecule has 0 unspecified atom stereocenters. The molecule has 1 aliphatic heterocycles. The third-order valence-corrected chi connectivity index (χ3v) is 4.33. The highest BCUT2D eigenvalue weighted by Crippen LogP contribution is 2.32. The largest absolute Gasteiger partial charge is 0.492 e. The first-order chi connectivity index (χ1) is 9.18. The van der Waals surface area contributed by atoms with Crippen molar-refractivity contribution in [1.29, 1.82) is 0 Å². The number of fused-ring (bicyclic) bond motifs is 1. The molecular formula is C16H13BrO2. The zero-order valence-corrected chi connectivity index (χ0v) is 12.2. The van der Waals surface area contributed by atoms with Crippen LogP contribution in [0.25, 0.3) is 0 Å². The summed E-state index contributed by atoms with van der Waals surface area (Å²) in [7, 11) is 0. The van der Waals surface area contributed by atoms with Gasteiger partial charge in [-0.15, -0.1) is 0 Å². The minimum atomic E-state index is 0.0255. The minimum Gasteiger partial charge on any atom is -0.492 e. The van der Waals surface area contributed by atoms with Crippen LogP contribution in [0.15, 0.2) is 40.9 Å². The maximum absolute atomic E-state index is 12.7. The highest BCUT2D eigenvalue weighted by molar-refractivity contribution is 9.10. The molecule has 1 heterocycles. The molecule has 0 spiro atoms. The van der Waals surface area contributed by atoms with Gasteiger partial charge in [0, 0.05) is 16.5 Å². The summed E-state index contributed by atoms with van der Waals surface area (Å²) >= 11 is 3.47. The van der Waals surface area contributed by atoms with Gasteiger partial charge in [0.05, 0.1) is 12.2 Å². The second-order valence-corrected chi connectivity index (χ2v) is 5.49. The number of rotatable bonds is 2. The van der Waals surface area contributed by atoms with Crippen molar-refractivity contribution >= 4 is 21.7 Å². The fourth-order valence-corrected chi connectivity index (χ4v) is 2.76. The van der Waals surface area contributed by atoms with Crippen LogP contribution < -0.4 is 4.74 Å². The van der Waals surface area contributed by atoms with Crippen LogP contribution in [-0.2, 0) is 6.42 Å². The molecule has 19 heavy (non-hydrogen) atoms. The third-order valence-electron chi connectivity index (χ3n) is 3.47. The van der Waals surface area contributed by atoms with Gasteiger partial charge in [0.15, 0.2) is 5.78 Å². The number of hydrogen-bond acceptors (Lipinski definition) is 2. The predicted molar refractivity (Wildman–Crippen MR) is 78.0 cm³/mol. The number of ketones is 1. The van der Waals surface area contributed by atoms with Crippen LogP contribution in [-0.4, -0.2) is 12.4 Å². The number of hydrogen-bond donors (Lipinski definition) is 0. The molecule has 3 heteroatoms. The smallest absolute Gasteiger partial charge is 0.197 e. The average Bonchev–Trinajstić information content (AvgIpc) is 2.89. The van der Waals surface area contributed by atoms with Gasteiger partial charge in [0.25, 0.3) is 0 Å². The summed E-state index contributed by atoms with van der Waals surface area (Å²) in [4.78, 5) is 12.7. The molecule has 2 aromatic carbocycles. The van der Waals surface area contributed by atoms with Gasteiger partial charge in [-0.3, -0.25) is 4.79 Å². The van der Waals surface area contributed by atoms with Gasteiger partial charge in [-0.2, -0.15) is 0 Å². The van der Waals surface area contributed by atoms with Gasteiger partial charge in [-0.1, -0.05) is 40.2 Å². The van der Waals surface area contributed by atoms with Gasteiger partial charge >= 0.3 is 0 Å². The lowest BCUT2D eigenvalue weighted by Gasteiger charge is -2.10. The Morgan fingerprint density at radius 3 is 2.74 bits per heavy atom. The van der Waals surface area contributed by atoms with Crippen LogP contribution in [0.1, 0.15) is 27.0 Å². The van der Waals surface area contributed by atoms with E-state index >= 15 is 0 Å². The van der Waals surface area contributed by atoms with Crippen molar-refractivity contribution in [2.75, 3.05) is 6.61 Å². The summed E-state index contributed by atoms with van der Waals surface area (Å²) in [6, 6.07) is 11.5. The van der Waals surface area contributed by atoms with Gasteiger partial charge in [-0.05, 0) is 30.2 Å². The van der Waals surface area contributed by atoms with Crippen molar-refractivity contribution in [3.63, 3.8) is 0 Å². The Hall–Kier alpha value is -1.61. The summed E-state index contributed by atoms with van der Waals surface area (Å²) in [6.07, 6.45) is 0.883.